The average Bonchev–Trinajstić information content (AvgIpc) is 2.94. The van der Waals surface area contributed by atoms with E-state index >= 15 is 0 Å². The van der Waals surface area contributed by atoms with Crippen LogP contribution < -0.4 is 11.3 Å². The Balaban J connectivity index is 2.14. The Morgan fingerprint density at radius 2 is 2.00 bits per heavy atom. The molecule has 19 heavy (non-hydrogen) atoms. The molecule has 1 fully saturated rings. The second-order valence-electron chi connectivity index (χ2n) is 4.49. The van der Waals surface area contributed by atoms with E-state index in [0.717, 1.165) is 4.90 Å². The van der Waals surface area contributed by atoms with E-state index in [-0.39, 0.29) is 41.6 Å². The van der Waals surface area contributed by atoms with E-state index in [1.807, 2.05) is 5.43 Å². The van der Waals surface area contributed by atoms with Crippen LogP contribution in [0.2, 0.25) is 0 Å². The standard InChI is InChI=1S/C11H14N4O4/c1-5-6(2)11(18)15(10(5)17)4-7-3-8(14-19-7)9(16)13-12/h3,5-6H,4,12H2,1-2H3,(H,13,16). The monoisotopic (exact) mass is 266 g/mol. The summed E-state index contributed by atoms with van der Waals surface area (Å²) in [4.78, 5) is 36.0. The topological polar surface area (TPSA) is 119 Å². The molecule has 0 bridgehead atoms. The van der Waals surface area contributed by atoms with Crippen molar-refractivity contribution in [3.8, 4) is 0 Å². The summed E-state index contributed by atoms with van der Waals surface area (Å²) in [5.74, 6) is 3.42. The van der Waals surface area contributed by atoms with Gasteiger partial charge in [-0.2, -0.15) is 0 Å². The lowest BCUT2D eigenvalue weighted by Crippen LogP contribution is -2.30. The van der Waals surface area contributed by atoms with Crippen molar-refractivity contribution in [2.45, 2.75) is 20.4 Å². The van der Waals surface area contributed by atoms with E-state index in [2.05, 4.69) is 5.16 Å². The zero-order valence-corrected chi connectivity index (χ0v) is 10.5. The van der Waals surface area contributed by atoms with E-state index in [1.54, 1.807) is 13.8 Å². The van der Waals surface area contributed by atoms with Gasteiger partial charge in [-0.1, -0.05) is 19.0 Å². The fourth-order valence-corrected chi connectivity index (χ4v) is 1.91. The maximum absolute atomic E-state index is 11.9. The number of hydrogen-bond donors (Lipinski definition) is 2. The van der Waals surface area contributed by atoms with Gasteiger partial charge in [0.25, 0.3) is 5.91 Å². The SMILES string of the molecule is CC1C(=O)N(Cc2cc(C(=O)NN)no2)C(=O)C1C. The van der Waals surface area contributed by atoms with Gasteiger partial charge < -0.3 is 4.52 Å². The number of hydrazine groups is 1. The predicted molar refractivity (Wildman–Crippen MR) is 62.0 cm³/mol. The second kappa shape index (κ2) is 4.81. The number of carbonyl (C=O) groups excluding carboxylic acids is 3. The minimum absolute atomic E-state index is 0.00214. The Bertz CT molecular complexity index is 519. The summed E-state index contributed by atoms with van der Waals surface area (Å²) in [5, 5.41) is 3.50. The molecule has 0 radical (unpaired) electrons. The zero-order chi connectivity index (χ0) is 14.2. The number of nitrogens with zero attached hydrogens (tertiary/aromatic N) is 2. The van der Waals surface area contributed by atoms with Crippen LogP contribution in [-0.2, 0) is 16.1 Å². The third-order valence-electron chi connectivity index (χ3n) is 3.30. The number of aromatic nitrogens is 1. The molecule has 102 valence electrons. The number of nitrogens with two attached hydrogens (primary N) is 1. The summed E-state index contributed by atoms with van der Waals surface area (Å²) in [5.41, 5.74) is 1.91. The maximum atomic E-state index is 11.9. The number of amides is 3. The maximum Gasteiger partial charge on any atom is 0.287 e. The minimum atomic E-state index is -0.601. The highest BCUT2D eigenvalue weighted by Crippen LogP contribution is 2.26. The molecule has 1 aliphatic heterocycles. The van der Waals surface area contributed by atoms with Gasteiger partial charge in [0, 0.05) is 17.9 Å². The molecule has 0 aromatic carbocycles. The number of imide groups is 1. The Morgan fingerprint density at radius 3 is 2.53 bits per heavy atom. The van der Waals surface area contributed by atoms with Crippen LogP contribution in [0.25, 0.3) is 0 Å². The smallest absolute Gasteiger partial charge is 0.287 e. The van der Waals surface area contributed by atoms with E-state index in [9.17, 15) is 14.4 Å². The number of rotatable bonds is 3. The fourth-order valence-electron chi connectivity index (χ4n) is 1.91. The summed E-state index contributed by atoms with van der Waals surface area (Å²) in [6.07, 6.45) is 0. The van der Waals surface area contributed by atoms with Crippen molar-refractivity contribution in [3.63, 3.8) is 0 Å². The molecule has 2 unspecified atom stereocenters. The molecule has 8 heteroatoms. The average molecular weight is 266 g/mol. The zero-order valence-electron chi connectivity index (χ0n) is 10.5. The van der Waals surface area contributed by atoms with Crippen molar-refractivity contribution in [1.29, 1.82) is 0 Å². The number of hydrogen-bond acceptors (Lipinski definition) is 6. The van der Waals surface area contributed by atoms with Gasteiger partial charge in [-0.15, -0.1) is 0 Å². The minimum Gasteiger partial charge on any atom is -0.359 e. The summed E-state index contributed by atoms with van der Waals surface area (Å²) in [6, 6.07) is 1.34. The lowest BCUT2D eigenvalue weighted by molar-refractivity contribution is -0.140. The first kappa shape index (κ1) is 13.2. The molecule has 8 nitrogen and oxygen atoms in total. The molecule has 2 rings (SSSR count). The van der Waals surface area contributed by atoms with E-state index in [4.69, 9.17) is 10.4 Å². The van der Waals surface area contributed by atoms with Gasteiger partial charge in [-0.05, 0) is 0 Å². The van der Waals surface area contributed by atoms with Gasteiger partial charge in [0.1, 0.15) is 0 Å². The molecule has 1 aliphatic rings. The van der Waals surface area contributed by atoms with Crippen molar-refractivity contribution < 1.29 is 18.9 Å². The van der Waals surface area contributed by atoms with Gasteiger partial charge in [0.2, 0.25) is 11.8 Å². The molecule has 0 aliphatic carbocycles. The molecular weight excluding hydrogens is 252 g/mol. The van der Waals surface area contributed by atoms with Crippen LogP contribution in [0.4, 0.5) is 0 Å². The molecule has 0 spiro atoms. The Morgan fingerprint density at radius 1 is 1.42 bits per heavy atom. The molecule has 1 aromatic heterocycles. The van der Waals surface area contributed by atoms with Gasteiger partial charge in [0.05, 0.1) is 6.54 Å². The van der Waals surface area contributed by atoms with Gasteiger partial charge in [0.15, 0.2) is 11.5 Å². The Kier molecular flexibility index (Phi) is 3.34. The molecule has 1 saturated heterocycles. The van der Waals surface area contributed by atoms with Crippen LogP contribution >= 0.6 is 0 Å². The first-order valence-corrected chi connectivity index (χ1v) is 5.77. The lowest BCUT2D eigenvalue weighted by atomic mass is 10.00. The Labute approximate surface area is 108 Å². The van der Waals surface area contributed by atoms with Crippen LogP contribution in [0, 0.1) is 11.8 Å². The number of nitrogen functional groups attached to an aromatic ring is 1. The van der Waals surface area contributed by atoms with Crippen molar-refractivity contribution in [1.82, 2.24) is 15.5 Å². The number of nitrogens with one attached hydrogen (secondary N) is 1. The molecule has 3 N–H and O–H groups in total. The number of likely N-dealkylation sites (tertiary alicyclic amines) is 1. The van der Waals surface area contributed by atoms with Crippen molar-refractivity contribution in [2.24, 2.45) is 17.7 Å². The highest BCUT2D eigenvalue weighted by Gasteiger charge is 2.42. The van der Waals surface area contributed by atoms with E-state index < -0.39 is 5.91 Å². The summed E-state index contributed by atoms with van der Waals surface area (Å²) >= 11 is 0. The van der Waals surface area contributed by atoms with Crippen LogP contribution in [0.5, 0.6) is 0 Å². The number of carbonyl (C=O) groups is 3. The van der Waals surface area contributed by atoms with E-state index in [0.29, 0.717) is 0 Å². The molecular formula is C11H14N4O4. The normalized spacial score (nSPS) is 23.0. The molecule has 3 amide bonds. The summed E-state index contributed by atoms with van der Waals surface area (Å²) in [7, 11) is 0. The van der Waals surface area contributed by atoms with Crippen molar-refractivity contribution >= 4 is 17.7 Å². The second-order valence-corrected chi connectivity index (χ2v) is 4.49. The van der Waals surface area contributed by atoms with Crippen LogP contribution in [-0.4, -0.2) is 27.8 Å². The quantitative estimate of drug-likeness (QED) is 0.327. The molecule has 2 heterocycles. The van der Waals surface area contributed by atoms with Crippen LogP contribution in [0.3, 0.4) is 0 Å². The predicted octanol–water partition coefficient (Wildman–Crippen LogP) is -0.581. The third kappa shape index (κ3) is 2.22. The van der Waals surface area contributed by atoms with Crippen molar-refractivity contribution in [3.05, 3.63) is 17.5 Å². The van der Waals surface area contributed by atoms with Gasteiger partial charge in [-0.25, -0.2) is 5.84 Å². The highest BCUT2D eigenvalue weighted by molar-refractivity contribution is 6.04. The summed E-state index contributed by atoms with van der Waals surface area (Å²) < 4.78 is 4.90. The third-order valence-corrected chi connectivity index (χ3v) is 3.30. The van der Waals surface area contributed by atoms with Gasteiger partial charge in [-0.3, -0.25) is 24.7 Å². The Hall–Kier alpha value is -2.22. The van der Waals surface area contributed by atoms with Crippen LogP contribution in [0.1, 0.15) is 30.1 Å². The molecule has 1 aromatic rings. The fraction of sp³-hybridized carbons (Fsp3) is 0.455. The van der Waals surface area contributed by atoms with E-state index in [1.165, 1.54) is 6.07 Å². The van der Waals surface area contributed by atoms with Crippen molar-refractivity contribution in [2.75, 3.05) is 0 Å². The first-order chi connectivity index (χ1) is 8.95. The molecule has 0 saturated carbocycles. The molecule has 2 atom stereocenters. The highest BCUT2D eigenvalue weighted by atomic mass is 16.5. The first-order valence-electron chi connectivity index (χ1n) is 5.77. The largest absolute Gasteiger partial charge is 0.359 e. The lowest BCUT2D eigenvalue weighted by Gasteiger charge is -2.11. The van der Waals surface area contributed by atoms with Gasteiger partial charge >= 0.3 is 0 Å². The van der Waals surface area contributed by atoms with Crippen LogP contribution in [0.15, 0.2) is 10.6 Å². The summed E-state index contributed by atoms with van der Waals surface area (Å²) in [6.45, 7) is 3.38.